The number of rotatable bonds is 8. The summed E-state index contributed by atoms with van der Waals surface area (Å²) in [6.45, 7) is 4.71. The molecule has 1 aromatic carbocycles. The van der Waals surface area contributed by atoms with Crippen molar-refractivity contribution in [2.75, 3.05) is 18.4 Å². The molecule has 1 saturated carbocycles. The van der Waals surface area contributed by atoms with Crippen LogP contribution >= 0.6 is 11.3 Å². The number of sulfonamides is 1. The Kier molecular flexibility index (Phi) is 7.50. The largest absolute Gasteiger partial charge is 0.447 e. The second-order valence-electron chi connectivity index (χ2n) is 9.64. The molecule has 10 nitrogen and oxygen atoms in total. The Morgan fingerprint density at radius 2 is 1.97 bits per heavy atom. The molecule has 0 radical (unpaired) electrons. The van der Waals surface area contributed by atoms with Gasteiger partial charge in [-0.05, 0) is 58.1 Å². The quantitative estimate of drug-likeness (QED) is 0.400. The normalized spacial score (nSPS) is 20.4. The Balaban J connectivity index is 1.34. The Morgan fingerprint density at radius 1 is 1.19 bits per heavy atom. The van der Waals surface area contributed by atoms with E-state index < -0.39 is 10.0 Å². The molecule has 1 saturated heterocycles. The van der Waals surface area contributed by atoms with E-state index in [9.17, 15) is 13.2 Å². The molecule has 198 valence electrons. The molecule has 12 heteroatoms. The molecule has 3 aromatic rings. The monoisotopic (exact) mass is 545 g/mol. The van der Waals surface area contributed by atoms with Gasteiger partial charge in [-0.2, -0.15) is 4.31 Å². The first kappa shape index (κ1) is 25.7. The van der Waals surface area contributed by atoms with Crippen molar-refractivity contribution in [1.29, 1.82) is 0 Å². The van der Waals surface area contributed by atoms with E-state index >= 15 is 0 Å². The lowest BCUT2D eigenvalue weighted by molar-refractivity contribution is 0.109. The van der Waals surface area contributed by atoms with Crippen molar-refractivity contribution in [1.82, 2.24) is 19.6 Å². The third kappa shape index (κ3) is 5.81. The molecular weight excluding hydrogens is 514 g/mol. The van der Waals surface area contributed by atoms with Crippen LogP contribution in [0.4, 0.5) is 16.5 Å². The molecule has 37 heavy (non-hydrogen) atoms. The number of carbonyl (C=O) groups is 1. The summed E-state index contributed by atoms with van der Waals surface area (Å²) in [4.78, 5) is 21.7. The second kappa shape index (κ2) is 10.8. The van der Waals surface area contributed by atoms with Crippen LogP contribution < -0.4 is 10.6 Å². The number of thiazole rings is 1. The average molecular weight is 546 g/mol. The fourth-order valence-electron chi connectivity index (χ4n) is 4.59. The SMILES string of the molecule is CC(C)OC(=O)N[C@H]1CC[C@H](c2ncc(-c3ccc(Nc4ncco4)cc3S(=O)(=O)N3CCC3)s2)CC1. The van der Waals surface area contributed by atoms with Gasteiger partial charge in [-0.25, -0.2) is 23.2 Å². The summed E-state index contributed by atoms with van der Waals surface area (Å²) < 4.78 is 38.9. The molecule has 0 spiro atoms. The van der Waals surface area contributed by atoms with Gasteiger partial charge in [-0.15, -0.1) is 11.3 Å². The fourth-order valence-corrected chi connectivity index (χ4v) is 7.53. The molecule has 1 aliphatic heterocycles. The zero-order valence-corrected chi connectivity index (χ0v) is 22.5. The maximum atomic E-state index is 13.5. The molecule has 2 N–H and O–H groups in total. The Bertz CT molecular complexity index is 1330. The van der Waals surface area contributed by atoms with Gasteiger partial charge in [0.05, 0.1) is 27.1 Å². The molecule has 1 aliphatic carbocycles. The van der Waals surface area contributed by atoms with Crippen LogP contribution in [0.15, 0.2) is 46.2 Å². The topological polar surface area (TPSA) is 127 Å². The summed E-state index contributed by atoms with van der Waals surface area (Å²) >= 11 is 1.54. The highest BCUT2D eigenvalue weighted by Gasteiger charge is 2.33. The highest BCUT2D eigenvalue weighted by molar-refractivity contribution is 7.89. The number of benzene rings is 1. The molecule has 2 fully saturated rings. The Hall–Kier alpha value is -2.96. The van der Waals surface area contributed by atoms with E-state index in [1.54, 1.807) is 12.3 Å². The molecule has 5 rings (SSSR count). The van der Waals surface area contributed by atoms with Gasteiger partial charge in [0.2, 0.25) is 10.0 Å². The van der Waals surface area contributed by atoms with Gasteiger partial charge in [0.15, 0.2) is 0 Å². The maximum Gasteiger partial charge on any atom is 0.407 e. The van der Waals surface area contributed by atoms with Crippen molar-refractivity contribution in [3.63, 3.8) is 0 Å². The zero-order valence-electron chi connectivity index (χ0n) is 20.8. The van der Waals surface area contributed by atoms with Crippen molar-refractivity contribution in [3.05, 3.63) is 41.9 Å². The third-order valence-corrected chi connectivity index (χ3v) is 9.76. The average Bonchev–Trinajstić information content (AvgIpc) is 3.50. The number of oxazole rings is 1. The standard InChI is InChI=1S/C25H31N5O5S2/c1-16(2)35-25(31)29-18-6-4-17(5-7-18)23-27-15-21(36-23)20-9-8-19(28-24-26-10-13-34-24)14-22(20)37(32,33)30-11-3-12-30/h8-10,13-18H,3-7,11-12H2,1-2H3,(H,26,28)(H,29,31)/t17-,18-. The van der Waals surface area contributed by atoms with E-state index in [1.165, 1.54) is 28.1 Å². The van der Waals surface area contributed by atoms with Crippen molar-refractivity contribution < 1.29 is 22.4 Å². The molecule has 2 aromatic heterocycles. The first-order chi connectivity index (χ1) is 17.8. The smallest absolute Gasteiger partial charge is 0.407 e. The summed E-state index contributed by atoms with van der Waals surface area (Å²) in [5, 5.41) is 6.97. The van der Waals surface area contributed by atoms with Crippen molar-refractivity contribution >= 4 is 39.2 Å². The highest BCUT2D eigenvalue weighted by Crippen LogP contribution is 2.41. The van der Waals surface area contributed by atoms with E-state index in [0.29, 0.717) is 30.4 Å². The zero-order chi connectivity index (χ0) is 26.0. The van der Waals surface area contributed by atoms with E-state index in [-0.39, 0.29) is 29.1 Å². The van der Waals surface area contributed by atoms with Crippen molar-refractivity contribution in [2.24, 2.45) is 0 Å². The van der Waals surface area contributed by atoms with Crippen molar-refractivity contribution in [3.8, 4) is 10.4 Å². The predicted molar refractivity (Wildman–Crippen MR) is 140 cm³/mol. The van der Waals surface area contributed by atoms with Gasteiger partial charge >= 0.3 is 6.09 Å². The van der Waals surface area contributed by atoms with Crippen LogP contribution in [0.1, 0.15) is 56.9 Å². The summed E-state index contributed by atoms with van der Waals surface area (Å²) in [7, 11) is -3.66. The maximum absolute atomic E-state index is 13.5. The molecule has 0 unspecified atom stereocenters. The van der Waals surface area contributed by atoms with Crippen LogP contribution in [0.2, 0.25) is 0 Å². The van der Waals surface area contributed by atoms with E-state index in [1.807, 2.05) is 26.0 Å². The van der Waals surface area contributed by atoms with Crippen molar-refractivity contribution in [2.45, 2.75) is 68.9 Å². The van der Waals surface area contributed by atoms with Crippen LogP contribution in [0.25, 0.3) is 10.4 Å². The number of alkyl carbamates (subject to hydrolysis) is 1. The van der Waals surface area contributed by atoms with E-state index in [0.717, 1.165) is 42.0 Å². The molecule has 2 aliphatic rings. The number of aromatic nitrogens is 2. The minimum atomic E-state index is -3.66. The van der Waals surface area contributed by atoms with Crippen LogP contribution in [0.5, 0.6) is 0 Å². The fraction of sp³-hybridized carbons (Fsp3) is 0.480. The number of hydrogen-bond acceptors (Lipinski definition) is 9. The minimum absolute atomic E-state index is 0.0962. The van der Waals surface area contributed by atoms with Gasteiger partial charge in [-0.3, -0.25) is 0 Å². The lowest BCUT2D eigenvalue weighted by atomic mass is 9.86. The van der Waals surface area contributed by atoms with E-state index in [2.05, 4.69) is 20.6 Å². The Morgan fingerprint density at radius 3 is 2.62 bits per heavy atom. The van der Waals surface area contributed by atoms with Gasteiger partial charge in [0.1, 0.15) is 6.26 Å². The summed E-state index contributed by atoms with van der Waals surface area (Å²) in [6, 6.07) is 5.67. The molecule has 1 amide bonds. The first-order valence-electron chi connectivity index (χ1n) is 12.5. The molecule has 0 atom stereocenters. The lowest BCUT2D eigenvalue weighted by Crippen LogP contribution is -2.42. The van der Waals surface area contributed by atoms with Crippen LogP contribution in [0.3, 0.4) is 0 Å². The van der Waals surface area contributed by atoms with Gasteiger partial charge in [0, 0.05) is 42.5 Å². The summed E-state index contributed by atoms with van der Waals surface area (Å²) in [5.74, 6) is 0.277. The first-order valence-corrected chi connectivity index (χ1v) is 14.8. The number of nitrogens with one attached hydrogen (secondary N) is 2. The highest BCUT2D eigenvalue weighted by atomic mass is 32.2. The molecule has 3 heterocycles. The predicted octanol–water partition coefficient (Wildman–Crippen LogP) is 5.10. The van der Waals surface area contributed by atoms with Crippen LogP contribution in [0, 0.1) is 0 Å². The Labute approximate surface area is 220 Å². The second-order valence-corrected chi connectivity index (χ2v) is 12.6. The summed E-state index contributed by atoms with van der Waals surface area (Å²) in [5.41, 5.74) is 1.22. The molecule has 0 bridgehead atoms. The third-order valence-electron chi connectivity index (χ3n) is 6.63. The number of anilines is 2. The minimum Gasteiger partial charge on any atom is -0.447 e. The number of nitrogens with zero attached hydrogens (tertiary/aromatic N) is 3. The van der Waals surface area contributed by atoms with Crippen LogP contribution in [-0.4, -0.2) is 54.0 Å². The van der Waals surface area contributed by atoms with Gasteiger partial charge in [-0.1, -0.05) is 6.07 Å². The van der Waals surface area contributed by atoms with Crippen LogP contribution in [-0.2, 0) is 14.8 Å². The van der Waals surface area contributed by atoms with E-state index in [4.69, 9.17) is 9.15 Å². The number of hydrogen-bond donors (Lipinski definition) is 2. The summed E-state index contributed by atoms with van der Waals surface area (Å²) in [6.07, 6.45) is 8.59. The number of amides is 1. The number of carbonyl (C=O) groups excluding carboxylic acids is 1. The number of ether oxygens (including phenoxy) is 1. The van der Waals surface area contributed by atoms with Gasteiger partial charge < -0.3 is 19.8 Å². The van der Waals surface area contributed by atoms with Gasteiger partial charge in [0.25, 0.3) is 6.01 Å². The molecular formula is C25H31N5O5S2. The lowest BCUT2D eigenvalue weighted by Gasteiger charge is -2.30.